The molecule has 2 aromatic carbocycles. The fourth-order valence-corrected chi connectivity index (χ4v) is 3.62. The van der Waals surface area contributed by atoms with Gasteiger partial charge in [0.1, 0.15) is 18.5 Å². The Morgan fingerprint density at radius 2 is 1.89 bits per heavy atom. The maximum absolute atomic E-state index is 13.0. The second-order valence-corrected chi connectivity index (χ2v) is 8.67. The fraction of sp³-hybridized carbons (Fsp3) is 0.458. The molecule has 2 aromatic rings. The molecule has 0 bridgehead atoms. The van der Waals surface area contributed by atoms with Gasteiger partial charge in [-0.1, -0.05) is 42.5 Å². The lowest BCUT2D eigenvalue weighted by Gasteiger charge is -2.26. The Labute approximate surface area is 167 Å². The Bertz CT molecular complexity index is 795. The third-order valence-electron chi connectivity index (χ3n) is 5.14. The Hall–Kier alpha value is -2.17. The van der Waals surface area contributed by atoms with E-state index in [2.05, 4.69) is 38.2 Å². The van der Waals surface area contributed by atoms with Gasteiger partial charge in [0, 0.05) is 29.1 Å². The van der Waals surface area contributed by atoms with Crippen LogP contribution in [-0.2, 0) is 12.8 Å². The minimum absolute atomic E-state index is 0.0201. The summed E-state index contributed by atoms with van der Waals surface area (Å²) in [5.41, 5.74) is 2.90. The van der Waals surface area contributed by atoms with Crippen LogP contribution in [0.25, 0.3) is 0 Å². The lowest BCUT2D eigenvalue weighted by molar-refractivity contribution is 0.0893. The summed E-state index contributed by atoms with van der Waals surface area (Å²) < 4.78 is 5.89. The highest BCUT2D eigenvalue weighted by Gasteiger charge is 2.29. The third-order valence-corrected chi connectivity index (χ3v) is 5.14. The number of hydrogen-bond donors (Lipinski definition) is 2. The van der Waals surface area contributed by atoms with Crippen molar-refractivity contribution in [1.29, 1.82) is 0 Å². The summed E-state index contributed by atoms with van der Waals surface area (Å²) in [6.45, 7) is 6.86. The monoisotopic (exact) mass is 381 g/mol. The molecule has 0 amide bonds. The van der Waals surface area contributed by atoms with E-state index in [1.165, 1.54) is 5.56 Å². The zero-order valence-electron chi connectivity index (χ0n) is 17.1. The van der Waals surface area contributed by atoms with Gasteiger partial charge in [0.2, 0.25) is 0 Å². The van der Waals surface area contributed by atoms with Crippen molar-refractivity contribution in [1.82, 2.24) is 5.32 Å². The van der Waals surface area contributed by atoms with E-state index in [0.29, 0.717) is 6.54 Å². The summed E-state index contributed by atoms with van der Waals surface area (Å²) in [7, 11) is 0. The van der Waals surface area contributed by atoms with Crippen molar-refractivity contribution in [3.8, 4) is 5.75 Å². The molecule has 0 saturated heterocycles. The number of hydrogen-bond acceptors (Lipinski definition) is 4. The highest BCUT2D eigenvalue weighted by atomic mass is 16.5. The van der Waals surface area contributed by atoms with Gasteiger partial charge in [-0.05, 0) is 51.7 Å². The molecule has 0 unspecified atom stereocenters. The van der Waals surface area contributed by atoms with E-state index in [-0.39, 0.29) is 23.8 Å². The first kappa shape index (κ1) is 20.6. The summed E-state index contributed by atoms with van der Waals surface area (Å²) in [6, 6.07) is 15.9. The molecule has 1 aliphatic rings. The standard InChI is InChI=1S/C24H31NO3/c1-24(2,3)25-15-19(26)16-28-22-11-7-10-21-20(22)13-12-18(23(21)27)14-17-8-5-4-6-9-17/h4-11,18-19,25-26H,12-16H2,1-3H3/t18-,19+/m1/s1. The minimum Gasteiger partial charge on any atom is -0.491 e. The Balaban J connectivity index is 1.64. The van der Waals surface area contributed by atoms with Crippen LogP contribution in [-0.4, -0.2) is 35.7 Å². The first-order valence-corrected chi connectivity index (χ1v) is 10.1. The smallest absolute Gasteiger partial charge is 0.166 e. The number of fused-ring (bicyclic) bond motifs is 1. The number of aliphatic hydroxyl groups is 1. The second kappa shape index (κ2) is 8.89. The topological polar surface area (TPSA) is 58.6 Å². The van der Waals surface area contributed by atoms with Crippen LogP contribution in [0.4, 0.5) is 0 Å². The van der Waals surface area contributed by atoms with Crippen LogP contribution in [0.1, 0.15) is 48.7 Å². The SMILES string of the molecule is CC(C)(C)NC[C@H](O)COc1cccc2c1CC[C@H](Cc1ccccc1)C2=O. The average Bonchev–Trinajstić information content (AvgIpc) is 2.67. The number of aliphatic hydroxyl groups excluding tert-OH is 1. The largest absolute Gasteiger partial charge is 0.491 e. The molecular weight excluding hydrogens is 350 g/mol. The number of benzene rings is 2. The number of rotatable bonds is 7. The molecule has 0 radical (unpaired) electrons. The lowest BCUT2D eigenvalue weighted by atomic mass is 9.79. The maximum atomic E-state index is 13.0. The fourth-order valence-electron chi connectivity index (χ4n) is 3.62. The summed E-state index contributed by atoms with van der Waals surface area (Å²) in [6.07, 6.45) is 1.84. The van der Waals surface area contributed by atoms with Crippen molar-refractivity contribution in [3.63, 3.8) is 0 Å². The van der Waals surface area contributed by atoms with Gasteiger partial charge in [-0.3, -0.25) is 4.79 Å². The first-order valence-electron chi connectivity index (χ1n) is 10.1. The molecule has 0 aromatic heterocycles. The highest BCUT2D eigenvalue weighted by Crippen LogP contribution is 2.33. The van der Waals surface area contributed by atoms with Gasteiger partial charge in [0.25, 0.3) is 0 Å². The summed E-state index contributed by atoms with van der Waals surface area (Å²) in [4.78, 5) is 13.0. The van der Waals surface area contributed by atoms with Crippen molar-refractivity contribution in [2.75, 3.05) is 13.2 Å². The van der Waals surface area contributed by atoms with Gasteiger partial charge >= 0.3 is 0 Å². The van der Waals surface area contributed by atoms with Crippen LogP contribution < -0.4 is 10.1 Å². The Morgan fingerprint density at radius 1 is 1.14 bits per heavy atom. The summed E-state index contributed by atoms with van der Waals surface area (Å²) in [5, 5.41) is 13.5. The van der Waals surface area contributed by atoms with E-state index in [0.717, 1.165) is 36.1 Å². The molecule has 28 heavy (non-hydrogen) atoms. The second-order valence-electron chi connectivity index (χ2n) is 8.67. The molecule has 0 heterocycles. The number of carbonyl (C=O) groups is 1. The normalized spacial score (nSPS) is 17.9. The van der Waals surface area contributed by atoms with Gasteiger partial charge in [0.05, 0.1) is 0 Å². The molecule has 2 N–H and O–H groups in total. The molecule has 3 rings (SSSR count). The van der Waals surface area contributed by atoms with Gasteiger partial charge < -0.3 is 15.2 Å². The molecule has 150 valence electrons. The zero-order valence-corrected chi connectivity index (χ0v) is 17.1. The number of nitrogens with one attached hydrogen (secondary N) is 1. The molecule has 4 heteroatoms. The van der Waals surface area contributed by atoms with E-state index in [1.54, 1.807) is 0 Å². The van der Waals surface area contributed by atoms with Crippen LogP contribution in [0.2, 0.25) is 0 Å². The van der Waals surface area contributed by atoms with Crippen LogP contribution in [0.15, 0.2) is 48.5 Å². The molecule has 1 aliphatic carbocycles. The maximum Gasteiger partial charge on any atom is 0.166 e. The van der Waals surface area contributed by atoms with Gasteiger partial charge in [-0.25, -0.2) is 0 Å². The lowest BCUT2D eigenvalue weighted by Crippen LogP contribution is -2.42. The van der Waals surface area contributed by atoms with Gasteiger partial charge in [-0.2, -0.15) is 0 Å². The third kappa shape index (κ3) is 5.43. The number of ketones is 1. The van der Waals surface area contributed by atoms with Crippen molar-refractivity contribution in [3.05, 3.63) is 65.2 Å². The van der Waals surface area contributed by atoms with Crippen molar-refractivity contribution >= 4 is 5.78 Å². The number of β-amino-alcohol motifs (C(OH)–C–C–N with tert-alkyl or cyclic N) is 1. The summed E-state index contributed by atoms with van der Waals surface area (Å²) in [5.74, 6) is 0.941. The Morgan fingerprint density at radius 3 is 2.61 bits per heavy atom. The molecule has 0 spiro atoms. The number of carbonyl (C=O) groups excluding carboxylic acids is 1. The quantitative estimate of drug-likeness (QED) is 0.766. The first-order chi connectivity index (χ1) is 13.3. The van der Waals surface area contributed by atoms with Crippen LogP contribution >= 0.6 is 0 Å². The van der Waals surface area contributed by atoms with Crippen LogP contribution in [0.3, 0.4) is 0 Å². The van der Waals surface area contributed by atoms with Gasteiger partial charge in [-0.15, -0.1) is 0 Å². The molecule has 0 aliphatic heterocycles. The van der Waals surface area contributed by atoms with Crippen LogP contribution in [0, 0.1) is 5.92 Å². The molecule has 2 atom stereocenters. The summed E-state index contributed by atoms with van der Waals surface area (Å²) >= 11 is 0. The Kier molecular flexibility index (Phi) is 6.53. The average molecular weight is 382 g/mol. The van der Waals surface area contributed by atoms with Crippen molar-refractivity contribution in [2.45, 2.75) is 51.7 Å². The predicted molar refractivity (Wildman–Crippen MR) is 112 cm³/mol. The molecular formula is C24H31NO3. The van der Waals surface area contributed by atoms with E-state index in [4.69, 9.17) is 4.74 Å². The molecule has 0 fully saturated rings. The molecule has 4 nitrogen and oxygen atoms in total. The van der Waals surface area contributed by atoms with Gasteiger partial charge in [0.15, 0.2) is 5.78 Å². The highest BCUT2D eigenvalue weighted by molar-refractivity contribution is 6.01. The van der Waals surface area contributed by atoms with E-state index < -0.39 is 6.10 Å². The van der Waals surface area contributed by atoms with E-state index in [9.17, 15) is 9.90 Å². The van der Waals surface area contributed by atoms with E-state index >= 15 is 0 Å². The van der Waals surface area contributed by atoms with Crippen molar-refractivity contribution < 1.29 is 14.6 Å². The molecule has 0 saturated carbocycles. The van der Waals surface area contributed by atoms with Crippen molar-refractivity contribution in [2.24, 2.45) is 5.92 Å². The van der Waals surface area contributed by atoms with Crippen LogP contribution in [0.5, 0.6) is 5.75 Å². The van der Waals surface area contributed by atoms with E-state index in [1.807, 2.05) is 36.4 Å². The zero-order chi connectivity index (χ0) is 20.1. The predicted octanol–water partition coefficient (Wildman–Crippen LogP) is 3.80. The number of ether oxygens (including phenoxy) is 1. The number of Topliss-reactive ketones (excluding diaryl/α,β-unsaturated/α-hetero) is 1. The minimum atomic E-state index is -0.597.